The van der Waals surface area contributed by atoms with Crippen LogP contribution in [0.4, 0.5) is 0 Å². The monoisotopic (exact) mass is 220 g/mol. The summed E-state index contributed by atoms with van der Waals surface area (Å²) in [5, 5.41) is 2.96. The molecule has 0 spiro atoms. The molecular weight excluding hydrogens is 208 g/mol. The van der Waals surface area contributed by atoms with Crippen LogP contribution in [-0.2, 0) is 16.6 Å². The molecular formula is C7H12N2O2S2. The summed E-state index contributed by atoms with van der Waals surface area (Å²) in [5.41, 5.74) is 0. The third-order valence-electron chi connectivity index (χ3n) is 1.52. The summed E-state index contributed by atoms with van der Waals surface area (Å²) in [6, 6.07) is 3.43. The van der Waals surface area contributed by atoms with Crippen LogP contribution in [0.2, 0.25) is 0 Å². The molecule has 0 unspecified atom stereocenters. The van der Waals surface area contributed by atoms with Crippen molar-refractivity contribution >= 4 is 21.4 Å². The molecule has 0 fully saturated rings. The molecule has 4 nitrogen and oxygen atoms in total. The zero-order valence-corrected chi connectivity index (χ0v) is 9.13. The Hall–Kier alpha value is -0.430. The zero-order chi connectivity index (χ0) is 9.90. The van der Waals surface area contributed by atoms with E-state index >= 15 is 0 Å². The van der Waals surface area contributed by atoms with Crippen molar-refractivity contribution in [3.05, 3.63) is 17.0 Å². The SMILES string of the molecule is CNCc1ccc(S(=O)(=O)NC)s1. The minimum absolute atomic E-state index is 0.361. The molecule has 0 aliphatic rings. The van der Waals surface area contributed by atoms with Gasteiger partial charge >= 0.3 is 0 Å². The van der Waals surface area contributed by atoms with Gasteiger partial charge in [-0.2, -0.15) is 0 Å². The van der Waals surface area contributed by atoms with E-state index in [4.69, 9.17) is 0 Å². The highest BCUT2D eigenvalue weighted by Gasteiger charge is 2.13. The lowest BCUT2D eigenvalue weighted by molar-refractivity contribution is 0.590. The third-order valence-corrected chi connectivity index (χ3v) is 4.51. The van der Waals surface area contributed by atoms with Gasteiger partial charge in [-0.15, -0.1) is 11.3 Å². The molecule has 74 valence electrons. The molecule has 1 aromatic heterocycles. The average Bonchev–Trinajstić information content (AvgIpc) is 2.54. The second-order valence-electron chi connectivity index (χ2n) is 2.46. The molecule has 1 aromatic rings. The van der Waals surface area contributed by atoms with E-state index in [0.29, 0.717) is 10.8 Å². The van der Waals surface area contributed by atoms with Gasteiger partial charge in [0, 0.05) is 11.4 Å². The largest absolute Gasteiger partial charge is 0.315 e. The predicted molar refractivity (Wildman–Crippen MR) is 53.3 cm³/mol. The first-order valence-corrected chi connectivity index (χ1v) is 6.07. The van der Waals surface area contributed by atoms with Gasteiger partial charge in [-0.3, -0.25) is 0 Å². The molecule has 1 rings (SSSR count). The average molecular weight is 220 g/mol. The van der Waals surface area contributed by atoms with Gasteiger partial charge in [0.25, 0.3) is 0 Å². The molecule has 0 aliphatic heterocycles. The van der Waals surface area contributed by atoms with Crippen LogP contribution in [0.15, 0.2) is 16.3 Å². The second-order valence-corrected chi connectivity index (χ2v) is 5.74. The van der Waals surface area contributed by atoms with Crippen molar-refractivity contribution in [3.63, 3.8) is 0 Å². The van der Waals surface area contributed by atoms with Crippen LogP contribution in [0.3, 0.4) is 0 Å². The maximum atomic E-state index is 11.3. The van der Waals surface area contributed by atoms with Crippen LogP contribution >= 0.6 is 11.3 Å². The smallest absolute Gasteiger partial charge is 0.249 e. The van der Waals surface area contributed by atoms with E-state index in [1.54, 1.807) is 6.07 Å². The van der Waals surface area contributed by atoms with Gasteiger partial charge in [-0.05, 0) is 26.2 Å². The first-order chi connectivity index (χ1) is 6.10. The van der Waals surface area contributed by atoms with Gasteiger partial charge in [0.15, 0.2) is 0 Å². The minimum atomic E-state index is -3.25. The van der Waals surface area contributed by atoms with E-state index in [1.165, 1.54) is 18.4 Å². The van der Waals surface area contributed by atoms with Crippen molar-refractivity contribution in [3.8, 4) is 0 Å². The van der Waals surface area contributed by atoms with Crippen molar-refractivity contribution in [2.24, 2.45) is 0 Å². The van der Waals surface area contributed by atoms with Gasteiger partial charge < -0.3 is 5.32 Å². The maximum absolute atomic E-state index is 11.3. The van der Waals surface area contributed by atoms with Gasteiger partial charge in [0.05, 0.1) is 0 Å². The van der Waals surface area contributed by atoms with E-state index in [0.717, 1.165) is 4.88 Å². The lowest BCUT2D eigenvalue weighted by atomic mass is 10.5. The number of thiophene rings is 1. The first-order valence-electron chi connectivity index (χ1n) is 3.77. The van der Waals surface area contributed by atoms with E-state index in [9.17, 15) is 8.42 Å². The van der Waals surface area contributed by atoms with Crippen molar-refractivity contribution in [2.45, 2.75) is 10.8 Å². The molecule has 13 heavy (non-hydrogen) atoms. The van der Waals surface area contributed by atoms with Crippen LogP contribution in [0.25, 0.3) is 0 Å². The third kappa shape index (κ3) is 2.50. The van der Waals surface area contributed by atoms with Crippen LogP contribution < -0.4 is 10.0 Å². The molecule has 0 radical (unpaired) electrons. The second kappa shape index (κ2) is 4.19. The fraction of sp³-hybridized carbons (Fsp3) is 0.429. The summed E-state index contributed by atoms with van der Waals surface area (Å²) < 4.78 is 25.2. The number of hydrogen-bond acceptors (Lipinski definition) is 4. The summed E-state index contributed by atoms with van der Waals surface area (Å²) in [7, 11) is -0.0201. The fourth-order valence-electron chi connectivity index (χ4n) is 0.872. The van der Waals surface area contributed by atoms with Crippen LogP contribution in [0, 0.1) is 0 Å². The molecule has 0 aromatic carbocycles. The Morgan fingerprint density at radius 3 is 2.62 bits per heavy atom. The summed E-state index contributed by atoms with van der Waals surface area (Å²) in [6.07, 6.45) is 0. The van der Waals surface area contributed by atoms with Crippen molar-refractivity contribution in [1.82, 2.24) is 10.0 Å². The van der Waals surface area contributed by atoms with E-state index < -0.39 is 10.0 Å². The summed E-state index contributed by atoms with van der Waals surface area (Å²) in [6.45, 7) is 0.698. The molecule has 0 amide bonds. The number of hydrogen-bond donors (Lipinski definition) is 2. The Labute approximate surface area is 82.0 Å². The summed E-state index contributed by atoms with van der Waals surface area (Å²) in [4.78, 5) is 1.01. The predicted octanol–water partition coefficient (Wildman–Crippen LogP) is 0.376. The highest BCUT2D eigenvalue weighted by atomic mass is 32.2. The van der Waals surface area contributed by atoms with Crippen LogP contribution in [0.5, 0.6) is 0 Å². The van der Waals surface area contributed by atoms with E-state index in [2.05, 4.69) is 10.0 Å². The standard InChI is InChI=1S/C7H12N2O2S2/c1-8-5-6-3-4-7(12-6)13(10,11)9-2/h3-4,8-9H,5H2,1-2H3. The summed E-state index contributed by atoms with van der Waals surface area (Å²) >= 11 is 1.28. The molecule has 0 saturated carbocycles. The lowest BCUT2D eigenvalue weighted by Gasteiger charge is -1.96. The summed E-state index contributed by atoms with van der Waals surface area (Å²) in [5.74, 6) is 0. The van der Waals surface area contributed by atoms with Crippen molar-refractivity contribution < 1.29 is 8.42 Å². The van der Waals surface area contributed by atoms with E-state index in [1.807, 2.05) is 13.1 Å². The van der Waals surface area contributed by atoms with Gasteiger partial charge in [-0.25, -0.2) is 13.1 Å². The van der Waals surface area contributed by atoms with Gasteiger partial charge in [0.1, 0.15) is 4.21 Å². The minimum Gasteiger partial charge on any atom is -0.315 e. The van der Waals surface area contributed by atoms with Crippen molar-refractivity contribution in [2.75, 3.05) is 14.1 Å². The van der Waals surface area contributed by atoms with Crippen LogP contribution in [0.1, 0.15) is 4.88 Å². The Morgan fingerprint density at radius 1 is 1.38 bits per heavy atom. The molecule has 6 heteroatoms. The highest BCUT2D eigenvalue weighted by molar-refractivity contribution is 7.91. The highest BCUT2D eigenvalue weighted by Crippen LogP contribution is 2.20. The molecule has 0 saturated heterocycles. The molecule has 0 aliphatic carbocycles. The first kappa shape index (κ1) is 10.6. The number of sulfonamides is 1. The quantitative estimate of drug-likeness (QED) is 0.771. The molecule has 1 heterocycles. The molecule has 0 atom stereocenters. The van der Waals surface area contributed by atoms with Crippen molar-refractivity contribution in [1.29, 1.82) is 0 Å². The fourth-order valence-corrected chi connectivity index (χ4v) is 3.08. The normalized spacial score (nSPS) is 11.8. The Kier molecular flexibility index (Phi) is 3.43. The Bertz CT molecular complexity index is 370. The Morgan fingerprint density at radius 2 is 2.08 bits per heavy atom. The zero-order valence-electron chi connectivity index (χ0n) is 7.49. The topological polar surface area (TPSA) is 58.2 Å². The van der Waals surface area contributed by atoms with E-state index in [-0.39, 0.29) is 0 Å². The number of rotatable bonds is 4. The molecule has 0 bridgehead atoms. The van der Waals surface area contributed by atoms with Gasteiger partial charge in [0.2, 0.25) is 10.0 Å². The lowest BCUT2D eigenvalue weighted by Crippen LogP contribution is -2.17. The Balaban J connectivity index is 2.92. The number of nitrogens with one attached hydrogen (secondary N) is 2. The van der Waals surface area contributed by atoms with Gasteiger partial charge in [-0.1, -0.05) is 0 Å². The maximum Gasteiger partial charge on any atom is 0.249 e. The molecule has 2 N–H and O–H groups in total. The van der Waals surface area contributed by atoms with Crippen LogP contribution in [-0.4, -0.2) is 22.5 Å².